The van der Waals surface area contributed by atoms with Crippen LogP contribution >= 0.6 is 11.8 Å². The molecule has 0 amide bonds. The number of hydrogen-bond donors (Lipinski definition) is 0. The van der Waals surface area contributed by atoms with Crippen LogP contribution in [0, 0.1) is 0 Å². The van der Waals surface area contributed by atoms with Gasteiger partial charge in [-0.2, -0.15) is 0 Å². The second kappa shape index (κ2) is 2.93. The molecule has 1 saturated heterocycles. The lowest BCUT2D eigenvalue weighted by atomic mass is 10.3. The molecule has 0 aliphatic carbocycles. The Morgan fingerprint density at radius 2 is 2.33 bits per heavy atom. The molecule has 1 rings (SSSR count). The molecule has 2 atom stereocenters. The van der Waals surface area contributed by atoms with E-state index in [1.54, 1.807) is 0 Å². The topological polar surface area (TPSA) is 3.24 Å². The Hall–Kier alpha value is 0.310. The number of nitrogens with zero attached hydrogens (tertiary/aromatic N) is 1. The van der Waals surface area contributed by atoms with Crippen molar-refractivity contribution in [2.75, 3.05) is 12.8 Å². The van der Waals surface area contributed by atoms with Crippen molar-refractivity contribution < 1.29 is 0 Å². The van der Waals surface area contributed by atoms with E-state index in [2.05, 4.69) is 37.6 Å². The minimum atomic E-state index is 0.792. The summed E-state index contributed by atoms with van der Waals surface area (Å²) in [4.78, 5) is 2.46. The maximum Gasteiger partial charge on any atom is 0.0555 e. The Bertz CT molecular complexity index is 94.9. The van der Waals surface area contributed by atoms with Crippen LogP contribution < -0.4 is 0 Å². The smallest absolute Gasteiger partial charge is 0.0555 e. The lowest BCUT2D eigenvalue weighted by Crippen LogP contribution is -2.29. The van der Waals surface area contributed by atoms with Gasteiger partial charge in [-0.3, -0.25) is 4.90 Å². The second-order valence-corrected chi connectivity index (χ2v) is 3.92. The van der Waals surface area contributed by atoms with Gasteiger partial charge in [0.2, 0.25) is 0 Å². The first-order valence-corrected chi connectivity index (χ1v) is 4.64. The Labute approximate surface area is 61.8 Å². The van der Waals surface area contributed by atoms with Crippen molar-refractivity contribution in [2.24, 2.45) is 0 Å². The van der Waals surface area contributed by atoms with Crippen LogP contribution in [0.3, 0.4) is 0 Å². The fraction of sp³-hybridized carbons (Fsp3) is 1.00. The van der Waals surface area contributed by atoms with Crippen LogP contribution in [0.15, 0.2) is 0 Å². The summed E-state index contributed by atoms with van der Waals surface area (Å²) in [6.45, 7) is 4.55. The third-order valence-electron chi connectivity index (χ3n) is 2.03. The van der Waals surface area contributed by atoms with Crippen LogP contribution in [-0.2, 0) is 0 Å². The third kappa shape index (κ3) is 1.41. The summed E-state index contributed by atoms with van der Waals surface area (Å²) in [6, 6.07) is 0.792. The Morgan fingerprint density at radius 1 is 1.67 bits per heavy atom. The van der Waals surface area contributed by atoms with Gasteiger partial charge in [-0.1, -0.05) is 6.92 Å². The van der Waals surface area contributed by atoms with Crippen LogP contribution in [0.25, 0.3) is 0 Å². The molecule has 1 aliphatic heterocycles. The normalized spacial score (nSPS) is 37.7. The fourth-order valence-electron chi connectivity index (χ4n) is 1.18. The van der Waals surface area contributed by atoms with Crippen molar-refractivity contribution in [3.8, 4) is 0 Å². The maximum absolute atomic E-state index is 2.46. The zero-order chi connectivity index (χ0) is 6.85. The summed E-state index contributed by atoms with van der Waals surface area (Å²) in [5.74, 6) is 1.31. The summed E-state index contributed by atoms with van der Waals surface area (Å²) in [6.07, 6.45) is 1.28. The quantitative estimate of drug-likeness (QED) is 0.553. The molecule has 0 aromatic rings. The van der Waals surface area contributed by atoms with Crippen molar-refractivity contribution in [1.82, 2.24) is 4.90 Å². The third-order valence-corrected chi connectivity index (χ3v) is 3.75. The molecule has 0 bridgehead atoms. The van der Waals surface area contributed by atoms with E-state index < -0.39 is 0 Å². The van der Waals surface area contributed by atoms with Gasteiger partial charge in [0.15, 0.2) is 0 Å². The molecule has 0 radical (unpaired) electrons. The molecule has 1 heterocycles. The highest BCUT2D eigenvalue weighted by atomic mass is 32.2. The number of thioether (sulfide) groups is 1. The van der Waals surface area contributed by atoms with Gasteiger partial charge in [0.05, 0.1) is 5.37 Å². The van der Waals surface area contributed by atoms with Gasteiger partial charge in [-0.15, -0.1) is 11.8 Å². The molecule has 2 unspecified atom stereocenters. The minimum Gasteiger partial charge on any atom is -0.291 e. The first-order valence-electron chi connectivity index (χ1n) is 3.59. The molecule has 1 fully saturated rings. The monoisotopic (exact) mass is 145 g/mol. The Kier molecular flexibility index (Phi) is 2.42. The Morgan fingerprint density at radius 3 is 2.56 bits per heavy atom. The van der Waals surface area contributed by atoms with Crippen LogP contribution in [0.4, 0.5) is 0 Å². The lowest BCUT2D eigenvalue weighted by molar-refractivity contribution is 0.274. The van der Waals surface area contributed by atoms with E-state index in [4.69, 9.17) is 0 Å². The van der Waals surface area contributed by atoms with Gasteiger partial charge in [-0.05, 0) is 20.4 Å². The van der Waals surface area contributed by atoms with Crippen LogP contribution in [0.2, 0.25) is 0 Å². The first-order chi connectivity index (χ1) is 4.25. The van der Waals surface area contributed by atoms with Crippen LogP contribution in [0.1, 0.15) is 20.3 Å². The molecule has 1 nitrogen and oxygen atoms in total. The largest absolute Gasteiger partial charge is 0.291 e. The second-order valence-electron chi connectivity index (χ2n) is 2.71. The predicted molar refractivity (Wildman–Crippen MR) is 43.8 cm³/mol. The SMILES string of the molecule is CCC1SCC(C)N1C. The van der Waals surface area contributed by atoms with E-state index in [1.165, 1.54) is 12.2 Å². The average Bonchev–Trinajstić information content (AvgIpc) is 2.15. The number of rotatable bonds is 1. The zero-order valence-electron chi connectivity index (χ0n) is 6.42. The van der Waals surface area contributed by atoms with E-state index in [0.29, 0.717) is 0 Å². The summed E-state index contributed by atoms with van der Waals surface area (Å²) in [5, 5.41) is 0.792. The molecular weight excluding hydrogens is 130 g/mol. The highest BCUT2D eigenvalue weighted by Crippen LogP contribution is 2.28. The highest BCUT2D eigenvalue weighted by Gasteiger charge is 2.25. The molecule has 0 aromatic heterocycles. The summed E-state index contributed by atoms with van der Waals surface area (Å²) >= 11 is 2.08. The van der Waals surface area contributed by atoms with Crippen molar-refractivity contribution in [3.05, 3.63) is 0 Å². The summed E-state index contributed by atoms with van der Waals surface area (Å²) in [7, 11) is 2.22. The van der Waals surface area contributed by atoms with Gasteiger partial charge in [0.25, 0.3) is 0 Å². The van der Waals surface area contributed by atoms with Gasteiger partial charge >= 0.3 is 0 Å². The minimum absolute atomic E-state index is 0.792. The average molecular weight is 145 g/mol. The van der Waals surface area contributed by atoms with E-state index >= 15 is 0 Å². The maximum atomic E-state index is 2.46. The molecule has 0 aromatic carbocycles. The molecular formula is C7H15NS. The van der Waals surface area contributed by atoms with E-state index in [-0.39, 0.29) is 0 Å². The highest BCUT2D eigenvalue weighted by molar-refractivity contribution is 8.00. The van der Waals surface area contributed by atoms with Crippen molar-refractivity contribution in [3.63, 3.8) is 0 Å². The molecule has 54 valence electrons. The van der Waals surface area contributed by atoms with Crippen molar-refractivity contribution in [1.29, 1.82) is 0 Å². The predicted octanol–water partition coefficient (Wildman–Crippen LogP) is 1.79. The van der Waals surface area contributed by atoms with Crippen LogP contribution in [0.5, 0.6) is 0 Å². The standard InChI is InChI=1S/C7H15NS/c1-4-7-8(3)6(2)5-9-7/h6-7H,4-5H2,1-3H3. The van der Waals surface area contributed by atoms with Crippen molar-refractivity contribution >= 4 is 11.8 Å². The van der Waals surface area contributed by atoms with E-state index in [9.17, 15) is 0 Å². The molecule has 0 N–H and O–H groups in total. The first kappa shape index (κ1) is 7.42. The molecule has 0 spiro atoms. The van der Waals surface area contributed by atoms with Gasteiger partial charge < -0.3 is 0 Å². The lowest BCUT2D eigenvalue weighted by Gasteiger charge is -2.20. The summed E-state index contributed by atoms with van der Waals surface area (Å²) in [5.41, 5.74) is 0. The van der Waals surface area contributed by atoms with Crippen LogP contribution in [-0.4, -0.2) is 29.1 Å². The van der Waals surface area contributed by atoms with Gasteiger partial charge in [0.1, 0.15) is 0 Å². The van der Waals surface area contributed by atoms with Gasteiger partial charge in [-0.25, -0.2) is 0 Å². The number of hydrogen-bond acceptors (Lipinski definition) is 2. The molecule has 2 heteroatoms. The van der Waals surface area contributed by atoms with E-state index in [1.807, 2.05) is 0 Å². The van der Waals surface area contributed by atoms with Crippen molar-refractivity contribution in [2.45, 2.75) is 31.7 Å². The molecule has 0 saturated carbocycles. The Balaban J connectivity index is 2.41. The summed E-state index contributed by atoms with van der Waals surface area (Å²) < 4.78 is 0. The molecule has 9 heavy (non-hydrogen) atoms. The molecule has 1 aliphatic rings. The van der Waals surface area contributed by atoms with Gasteiger partial charge in [0, 0.05) is 11.8 Å². The zero-order valence-corrected chi connectivity index (χ0v) is 7.24. The fourth-order valence-corrected chi connectivity index (χ4v) is 2.59. The van der Waals surface area contributed by atoms with E-state index in [0.717, 1.165) is 11.4 Å².